The lowest BCUT2D eigenvalue weighted by molar-refractivity contribution is 0.0989. The molecule has 1 aromatic heterocycles. The number of amides is 1. The van der Waals surface area contributed by atoms with Gasteiger partial charge in [0, 0.05) is 30.3 Å². The minimum atomic E-state index is -0.00776. The third-order valence-electron chi connectivity index (χ3n) is 3.15. The molecule has 1 aliphatic rings. The molecule has 1 aromatic carbocycles. The summed E-state index contributed by atoms with van der Waals surface area (Å²) in [5.74, 6) is -0.00776. The van der Waals surface area contributed by atoms with Crippen molar-refractivity contribution in [2.45, 2.75) is 6.42 Å². The maximum atomic E-state index is 12.3. The summed E-state index contributed by atoms with van der Waals surface area (Å²) in [5, 5.41) is 0. The molecule has 0 unspecified atom stereocenters. The van der Waals surface area contributed by atoms with Crippen LogP contribution in [-0.2, 0) is 6.42 Å². The van der Waals surface area contributed by atoms with Crippen LogP contribution < -0.4 is 10.6 Å². The van der Waals surface area contributed by atoms with E-state index in [-0.39, 0.29) is 5.91 Å². The Morgan fingerprint density at radius 3 is 3.00 bits per heavy atom. The van der Waals surface area contributed by atoms with Crippen LogP contribution in [0.5, 0.6) is 0 Å². The molecule has 0 radical (unpaired) electrons. The van der Waals surface area contributed by atoms with E-state index in [1.807, 2.05) is 18.2 Å². The fourth-order valence-electron chi connectivity index (χ4n) is 2.28. The highest BCUT2D eigenvalue weighted by Gasteiger charge is 2.25. The fraction of sp³-hybridized carbons (Fsp3) is 0.143. The Balaban J connectivity index is 1.95. The summed E-state index contributed by atoms with van der Waals surface area (Å²) in [5.41, 5.74) is 9.19. The molecular formula is C14H13N3O. The van der Waals surface area contributed by atoms with Gasteiger partial charge >= 0.3 is 0 Å². The molecule has 0 fully saturated rings. The van der Waals surface area contributed by atoms with Crippen LogP contribution in [-0.4, -0.2) is 17.4 Å². The summed E-state index contributed by atoms with van der Waals surface area (Å²) < 4.78 is 0. The molecule has 0 saturated carbocycles. The van der Waals surface area contributed by atoms with Gasteiger partial charge in [-0.2, -0.15) is 0 Å². The van der Waals surface area contributed by atoms with Crippen LogP contribution in [0.3, 0.4) is 0 Å². The van der Waals surface area contributed by atoms with Gasteiger partial charge in [0.25, 0.3) is 5.91 Å². The fourth-order valence-corrected chi connectivity index (χ4v) is 2.28. The highest BCUT2D eigenvalue weighted by molar-refractivity contribution is 6.07. The zero-order chi connectivity index (χ0) is 12.5. The van der Waals surface area contributed by atoms with Gasteiger partial charge in [0.05, 0.1) is 5.56 Å². The number of rotatable bonds is 1. The molecule has 0 aliphatic carbocycles. The van der Waals surface area contributed by atoms with E-state index in [2.05, 4.69) is 4.98 Å². The standard InChI is InChI=1S/C14H13N3O/c15-12-3-4-13-10(8-12)5-7-17(13)14(18)11-2-1-6-16-9-11/h1-4,6,8-9H,5,7,15H2. The lowest BCUT2D eigenvalue weighted by Gasteiger charge is -2.17. The number of fused-ring (bicyclic) bond motifs is 1. The number of hydrogen-bond acceptors (Lipinski definition) is 3. The molecule has 18 heavy (non-hydrogen) atoms. The van der Waals surface area contributed by atoms with Gasteiger partial charge in [0.2, 0.25) is 0 Å². The summed E-state index contributed by atoms with van der Waals surface area (Å²) in [6.45, 7) is 0.701. The molecule has 2 heterocycles. The van der Waals surface area contributed by atoms with Crippen LogP contribution in [0, 0.1) is 0 Å². The zero-order valence-electron chi connectivity index (χ0n) is 9.84. The van der Waals surface area contributed by atoms with E-state index >= 15 is 0 Å². The summed E-state index contributed by atoms with van der Waals surface area (Å²) in [6, 6.07) is 9.23. The highest BCUT2D eigenvalue weighted by Crippen LogP contribution is 2.30. The zero-order valence-corrected chi connectivity index (χ0v) is 9.84. The first kappa shape index (κ1) is 10.8. The number of pyridine rings is 1. The average Bonchev–Trinajstić information content (AvgIpc) is 2.81. The monoisotopic (exact) mass is 239 g/mol. The number of nitrogens with two attached hydrogens (primary N) is 1. The molecule has 4 heteroatoms. The topological polar surface area (TPSA) is 59.2 Å². The van der Waals surface area contributed by atoms with Crippen LogP contribution in [0.4, 0.5) is 11.4 Å². The van der Waals surface area contributed by atoms with Gasteiger partial charge in [0.1, 0.15) is 0 Å². The molecule has 4 nitrogen and oxygen atoms in total. The van der Waals surface area contributed by atoms with Crippen molar-refractivity contribution < 1.29 is 4.79 Å². The van der Waals surface area contributed by atoms with Crippen molar-refractivity contribution >= 4 is 17.3 Å². The number of carbonyl (C=O) groups excluding carboxylic acids is 1. The third kappa shape index (κ3) is 1.72. The summed E-state index contributed by atoms with van der Waals surface area (Å²) >= 11 is 0. The Morgan fingerprint density at radius 1 is 1.33 bits per heavy atom. The molecular weight excluding hydrogens is 226 g/mol. The number of benzene rings is 1. The quantitative estimate of drug-likeness (QED) is 0.773. The maximum Gasteiger partial charge on any atom is 0.259 e. The van der Waals surface area contributed by atoms with Crippen molar-refractivity contribution in [2.75, 3.05) is 17.2 Å². The van der Waals surface area contributed by atoms with E-state index in [1.165, 1.54) is 0 Å². The van der Waals surface area contributed by atoms with Crippen LogP contribution >= 0.6 is 0 Å². The summed E-state index contributed by atoms with van der Waals surface area (Å²) in [4.78, 5) is 18.1. The number of carbonyl (C=O) groups is 1. The molecule has 0 bridgehead atoms. The second-order valence-corrected chi connectivity index (χ2v) is 4.34. The van der Waals surface area contributed by atoms with Crippen molar-refractivity contribution in [1.29, 1.82) is 0 Å². The number of aromatic nitrogens is 1. The molecule has 0 spiro atoms. The molecule has 1 aliphatic heterocycles. The SMILES string of the molecule is Nc1ccc2c(c1)CCN2C(=O)c1cccnc1. The molecule has 0 atom stereocenters. The first-order valence-corrected chi connectivity index (χ1v) is 5.86. The molecule has 0 saturated heterocycles. The van der Waals surface area contributed by atoms with Crippen molar-refractivity contribution in [3.8, 4) is 0 Å². The minimum absolute atomic E-state index is 0.00776. The first-order valence-electron chi connectivity index (χ1n) is 5.86. The summed E-state index contributed by atoms with van der Waals surface area (Å²) in [6.07, 6.45) is 4.11. The van der Waals surface area contributed by atoms with Gasteiger partial charge in [-0.1, -0.05) is 0 Å². The van der Waals surface area contributed by atoms with Crippen molar-refractivity contribution in [3.63, 3.8) is 0 Å². The van der Waals surface area contributed by atoms with Crippen molar-refractivity contribution in [2.24, 2.45) is 0 Å². The number of anilines is 2. The smallest absolute Gasteiger partial charge is 0.259 e. The lowest BCUT2D eigenvalue weighted by Crippen LogP contribution is -2.28. The average molecular weight is 239 g/mol. The Hall–Kier alpha value is -2.36. The van der Waals surface area contributed by atoms with Crippen LogP contribution in [0.1, 0.15) is 15.9 Å². The largest absolute Gasteiger partial charge is 0.399 e. The van der Waals surface area contributed by atoms with Gasteiger partial charge in [0.15, 0.2) is 0 Å². The van der Waals surface area contributed by atoms with Crippen LogP contribution in [0.15, 0.2) is 42.7 Å². The van der Waals surface area contributed by atoms with Crippen LogP contribution in [0.25, 0.3) is 0 Å². The Bertz CT molecular complexity index is 595. The van der Waals surface area contributed by atoms with Gasteiger partial charge in [-0.25, -0.2) is 0 Å². The normalized spacial score (nSPS) is 13.4. The third-order valence-corrected chi connectivity index (χ3v) is 3.15. The molecule has 90 valence electrons. The van der Waals surface area contributed by atoms with Crippen molar-refractivity contribution in [3.05, 3.63) is 53.9 Å². The van der Waals surface area contributed by atoms with E-state index in [0.29, 0.717) is 12.1 Å². The Labute approximate surface area is 105 Å². The van der Waals surface area contributed by atoms with E-state index in [1.54, 1.807) is 29.4 Å². The second kappa shape index (κ2) is 4.14. The van der Waals surface area contributed by atoms with E-state index in [0.717, 1.165) is 23.4 Å². The van der Waals surface area contributed by atoms with Gasteiger partial charge in [-0.15, -0.1) is 0 Å². The Kier molecular flexibility index (Phi) is 2.48. The molecule has 2 N–H and O–H groups in total. The minimum Gasteiger partial charge on any atom is -0.399 e. The predicted octanol–water partition coefficient (Wildman–Crippen LogP) is 1.87. The van der Waals surface area contributed by atoms with Gasteiger partial charge < -0.3 is 10.6 Å². The molecule has 1 amide bonds. The Morgan fingerprint density at radius 2 is 2.22 bits per heavy atom. The predicted molar refractivity (Wildman–Crippen MR) is 70.5 cm³/mol. The lowest BCUT2D eigenvalue weighted by atomic mass is 10.1. The van der Waals surface area contributed by atoms with Crippen LogP contribution in [0.2, 0.25) is 0 Å². The first-order chi connectivity index (χ1) is 8.75. The van der Waals surface area contributed by atoms with Crippen molar-refractivity contribution in [1.82, 2.24) is 4.98 Å². The van der Waals surface area contributed by atoms with E-state index < -0.39 is 0 Å². The van der Waals surface area contributed by atoms with Gasteiger partial charge in [-0.05, 0) is 42.3 Å². The molecule has 2 aromatic rings. The van der Waals surface area contributed by atoms with Gasteiger partial charge in [-0.3, -0.25) is 9.78 Å². The summed E-state index contributed by atoms with van der Waals surface area (Å²) in [7, 11) is 0. The number of nitrogens with zero attached hydrogens (tertiary/aromatic N) is 2. The highest BCUT2D eigenvalue weighted by atomic mass is 16.2. The maximum absolute atomic E-state index is 12.3. The molecule has 3 rings (SSSR count). The van der Waals surface area contributed by atoms with E-state index in [9.17, 15) is 4.79 Å². The number of hydrogen-bond donors (Lipinski definition) is 1. The van der Waals surface area contributed by atoms with E-state index in [4.69, 9.17) is 5.73 Å². The number of nitrogen functional groups attached to an aromatic ring is 1. The second-order valence-electron chi connectivity index (χ2n) is 4.34.